The van der Waals surface area contributed by atoms with Gasteiger partial charge >= 0.3 is 0 Å². The molecule has 0 saturated heterocycles. The molecule has 0 aliphatic heterocycles. The summed E-state index contributed by atoms with van der Waals surface area (Å²) in [6.45, 7) is 4.00. The molecule has 0 aliphatic carbocycles. The Balaban J connectivity index is 2.25. The van der Waals surface area contributed by atoms with Gasteiger partial charge in [0.1, 0.15) is 5.57 Å². The second-order valence-corrected chi connectivity index (χ2v) is 9.23. The van der Waals surface area contributed by atoms with Crippen molar-refractivity contribution < 1.29 is 9.59 Å². The number of amides is 1. The summed E-state index contributed by atoms with van der Waals surface area (Å²) in [7, 11) is 0. The van der Waals surface area contributed by atoms with Gasteiger partial charge in [0.2, 0.25) is 0 Å². The van der Waals surface area contributed by atoms with Gasteiger partial charge in [-0.15, -0.1) is 23.5 Å². The van der Waals surface area contributed by atoms with Gasteiger partial charge in [0, 0.05) is 10.7 Å². The van der Waals surface area contributed by atoms with E-state index in [2.05, 4.69) is 5.32 Å². The van der Waals surface area contributed by atoms with Gasteiger partial charge in [-0.3, -0.25) is 9.59 Å². The number of hydrogen-bond donors (Lipinski definition) is 1. The fourth-order valence-electron chi connectivity index (χ4n) is 2.44. The van der Waals surface area contributed by atoms with E-state index in [1.54, 1.807) is 36.4 Å². The summed E-state index contributed by atoms with van der Waals surface area (Å²) < 4.78 is 0.730. The number of anilines is 1. The minimum atomic E-state index is -0.420. The molecular formula is C24H24ClNO2S2. The Bertz CT molecular complexity index is 927. The Labute approximate surface area is 191 Å². The molecule has 0 atom stereocenters. The van der Waals surface area contributed by atoms with Crippen LogP contribution in [0.25, 0.3) is 6.08 Å². The summed E-state index contributed by atoms with van der Waals surface area (Å²) in [5, 5.41) is 3.39. The molecule has 0 aliphatic rings. The number of carbonyl (C=O) groups is 2. The van der Waals surface area contributed by atoms with E-state index < -0.39 is 5.91 Å². The largest absolute Gasteiger partial charge is 0.322 e. The van der Waals surface area contributed by atoms with Gasteiger partial charge in [-0.1, -0.05) is 74.0 Å². The molecule has 0 aromatic heterocycles. The Hall–Kier alpha value is -2.21. The molecule has 6 heteroatoms. The lowest BCUT2D eigenvalue weighted by Crippen LogP contribution is -2.20. The van der Waals surface area contributed by atoms with Crippen LogP contribution in [0.3, 0.4) is 0 Å². The molecular weight excluding hydrogens is 434 g/mol. The lowest BCUT2D eigenvalue weighted by Gasteiger charge is -2.12. The Morgan fingerprint density at radius 1 is 0.933 bits per heavy atom. The lowest BCUT2D eigenvalue weighted by atomic mass is 10.1. The van der Waals surface area contributed by atoms with E-state index in [-0.39, 0.29) is 11.4 Å². The first kappa shape index (κ1) is 24.1. The van der Waals surface area contributed by atoms with Crippen molar-refractivity contribution in [1.82, 2.24) is 0 Å². The third-order valence-corrected chi connectivity index (χ3v) is 6.25. The van der Waals surface area contributed by atoms with Crippen LogP contribution in [0.2, 0.25) is 5.02 Å². The van der Waals surface area contributed by atoms with Crippen molar-refractivity contribution in [2.24, 2.45) is 0 Å². The number of allylic oxidation sites excluding steroid dienone is 3. The van der Waals surface area contributed by atoms with E-state index in [1.165, 1.54) is 29.6 Å². The average molecular weight is 458 g/mol. The molecule has 0 saturated carbocycles. The molecule has 0 radical (unpaired) electrons. The number of nitrogens with one attached hydrogen (secondary N) is 1. The monoisotopic (exact) mass is 457 g/mol. The zero-order chi connectivity index (χ0) is 21.8. The molecule has 30 heavy (non-hydrogen) atoms. The summed E-state index contributed by atoms with van der Waals surface area (Å²) >= 11 is 8.92. The van der Waals surface area contributed by atoms with Gasteiger partial charge in [-0.05, 0) is 47.4 Å². The highest BCUT2D eigenvalue weighted by atomic mass is 35.5. The van der Waals surface area contributed by atoms with Crippen molar-refractivity contribution in [1.29, 1.82) is 0 Å². The molecule has 0 heterocycles. The van der Waals surface area contributed by atoms with E-state index in [0.717, 1.165) is 21.3 Å². The van der Waals surface area contributed by atoms with Crippen LogP contribution in [0.5, 0.6) is 0 Å². The molecule has 0 fully saturated rings. The lowest BCUT2D eigenvalue weighted by molar-refractivity contribution is -0.117. The predicted octanol–water partition coefficient (Wildman–Crippen LogP) is 6.84. The van der Waals surface area contributed by atoms with Crippen LogP contribution in [0.4, 0.5) is 5.69 Å². The summed E-state index contributed by atoms with van der Waals surface area (Å²) in [4.78, 5) is 25.9. The number of benzene rings is 2. The van der Waals surface area contributed by atoms with E-state index >= 15 is 0 Å². The van der Waals surface area contributed by atoms with Crippen molar-refractivity contribution >= 4 is 58.6 Å². The zero-order valence-corrected chi connectivity index (χ0v) is 19.3. The molecule has 0 bridgehead atoms. The van der Waals surface area contributed by atoms with Crippen molar-refractivity contribution in [2.75, 3.05) is 16.8 Å². The predicted molar refractivity (Wildman–Crippen MR) is 133 cm³/mol. The van der Waals surface area contributed by atoms with E-state index in [4.69, 9.17) is 11.6 Å². The van der Waals surface area contributed by atoms with Gasteiger partial charge in [0.15, 0.2) is 5.78 Å². The highest BCUT2D eigenvalue weighted by Crippen LogP contribution is 2.32. The standard InChI is InChI=1S/C24H24ClNO2S2/c1-3-29-24(30-4-2)22(23(28)26-20-16-14-19(25)15-17-20)21(27)13-9-8-12-18-10-6-5-7-11-18/h5-17H,3-4H2,1-2H3,(H,26,28)/b12-8+,13-9+. The number of rotatable bonds is 10. The zero-order valence-electron chi connectivity index (χ0n) is 16.9. The van der Waals surface area contributed by atoms with Crippen LogP contribution >= 0.6 is 35.1 Å². The first-order valence-corrected chi connectivity index (χ1v) is 11.9. The number of halogens is 1. The van der Waals surface area contributed by atoms with Crippen LogP contribution < -0.4 is 5.32 Å². The van der Waals surface area contributed by atoms with Gasteiger partial charge in [0.05, 0.1) is 4.24 Å². The summed E-state index contributed by atoms with van der Waals surface area (Å²) in [6.07, 6.45) is 6.80. The maximum absolute atomic E-state index is 13.0. The number of thioether (sulfide) groups is 2. The Morgan fingerprint density at radius 3 is 2.17 bits per heavy atom. The minimum absolute atomic E-state index is 0.160. The second-order valence-electron chi connectivity index (χ2n) is 5.98. The van der Waals surface area contributed by atoms with Crippen LogP contribution in [0, 0.1) is 0 Å². The van der Waals surface area contributed by atoms with E-state index in [9.17, 15) is 9.59 Å². The smallest absolute Gasteiger partial charge is 0.261 e. The maximum Gasteiger partial charge on any atom is 0.261 e. The molecule has 2 aromatic carbocycles. The van der Waals surface area contributed by atoms with Crippen LogP contribution in [-0.2, 0) is 9.59 Å². The number of ketones is 1. The fraction of sp³-hybridized carbons (Fsp3) is 0.167. The van der Waals surface area contributed by atoms with Crippen molar-refractivity contribution in [2.45, 2.75) is 13.8 Å². The third-order valence-electron chi connectivity index (χ3n) is 3.78. The highest BCUT2D eigenvalue weighted by molar-refractivity contribution is 8.22. The third kappa shape index (κ3) is 7.90. The van der Waals surface area contributed by atoms with Crippen LogP contribution in [0.1, 0.15) is 19.4 Å². The Morgan fingerprint density at radius 2 is 1.57 bits per heavy atom. The first-order chi connectivity index (χ1) is 14.5. The van der Waals surface area contributed by atoms with E-state index in [1.807, 2.05) is 50.3 Å². The molecule has 1 N–H and O–H groups in total. The van der Waals surface area contributed by atoms with Gasteiger partial charge in [-0.25, -0.2) is 0 Å². The van der Waals surface area contributed by atoms with Crippen LogP contribution in [-0.4, -0.2) is 23.2 Å². The first-order valence-electron chi connectivity index (χ1n) is 9.56. The number of hydrogen-bond acceptors (Lipinski definition) is 4. The van der Waals surface area contributed by atoms with Gasteiger partial charge in [0.25, 0.3) is 5.91 Å². The minimum Gasteiger partial charge on any atom is -0.322 e. The SMILES string of the molecule is CCSC(SCC)=C(C(=O)/C=C/C=C/c1ccccc1)C(=O)Nc1ccc(Cl)cc1. The molecule has 0 spiro atoms. The average Bonchev–Trinajstić information content (AvgIpc) is 2.74. The number of carbonyl (C=O) groups excluding carboxylic acids is 2. The molecule has 0 unspecified atom stereocenters. The van der Waals surface area contributed by atoms with Crippen LogP contribution in [0.15, 0.2) is 82.6 Å². The van der Waals surface area contributed by atoms with E-state index in [0.29, 0.717) is 10.7 Å². The fourth-order valence-corrected chi connectivity index (χ4v) is 4.80. The van der Waals surface area contributed by atoms with Crippen molar-refractivity contribution in [3.8, 4) is 0 Å². The summed E-state index contributed by atoms with van der Waals surface area (Å²) in [6, 6.07) is 16.6. The molecule has 156 valence electrons. The molecule has 2 aromatic rings. The topological polar surface area (TPSA) is 46.2 Å². The summed E-state index contributed by atoms with van der Waals surface area (Å²) in [5.41, 5.74) is 1.78. The van der Waals surface area contributed by atoms with Crippen molar-refractivity contribution in [3.05, 3.63) is 93.2 Å². The maximum atomic E-state index is 13.0. The quantitative estimate of drug-likeness (QED) is 0.184. The van der Waals surface area contributed by atoms with Gasteiger partial charge < -0.3 is 5.32 Å². The molecule has 2 rings (SSSR count). The Kier molecular flexibility index (Phi) is 10.6. The van der Waals surface area contributed by atoms with Crippen molar-refractivity contribution in [3.63, 3.8) is 0 Å². The molecule has 3 nitrogen and oxygen atoms in total. The summed E-state index contributed by atoms with van der Waals surface area (Å²) in [5.74, 6) is 0.794. The van der Waals surface area contributed by atoms with Gasteiger partial charge in [-0.2, -0.15) is 0 Å². The highest BCUT2D eigenvalue weighted by Gasteiger charge is 2.22. The normalized spacial score (nSPS) is 11.0. The molecule has 1 amide bonds. The second kappa shape index (κ2) is 13.2.